The van der Waals surface area contributed by atoms with E-state index in [1.165, 1.54) is 99.8 Å². The molecule has 0 N–H and O–H groups in total. The molecule has 0 fully saturated rings. The van der Waals surface area contributed by atoms with E-state index in [-0.39, 0.29) is 5.41 Å². The van der Waals surface area contributed by atoms with Gasteiger partial charge in [0.2, 0.25) is 0 Å². The van der Waals surface area contributed by atoms with Crippen LogP contribution in [0.4, 0.5) is 17.1 Å². The second-order valence-electron chi connectivity index (χ2n) is 17.9. The van der Waals surface area contributed by atoms with E-state index >= 15 is 0 Å². The van der Waals surface area contributed by atoms with Gasteiger partial charge in [-0.05, 0) is 125 Å². The fraction of sp³-hybridized carbons (Fsp3) is 0.0645. The van der Waals surface area contributed by atoms with Crippen LogP contribution in [0.25, 0.3) is 66.4 Å². The first-order chi connectivity index (χ1) is 31.0. The van der Waals surface area contributed by atoms with Gasteiger partial charge in [0, 0.05) is 22.4 Å². The minimum Gasteiger partial charge on any atom is -0.310 e. The first kappa shape index (κ1) is 36.0. The third-order valence-electron chi connectivity index (χ3n) is 14.5. The van der Waals surface area contributed by atoms with Crippen LogP contribution in [-0.4, -0.2) is 0 Å². The summed E-state index contributed by atoms with van der Waals surface area (Å²) in [7, 11) is 0. The Morgan fingerprint density at radius 2 is 0.746 bits per heavy atom. The molecule has 0 aliphatic heterocycles. The number of benzene rings is 10. The van der Waals surface area contributed by atoms with Gasteiger partial charge in [-0.15, -0.1) is 0 Å². The zero-order chi connectivity index (χ0) is 41.9. The first-order valence-electron chi connectivity index (χ1n) is 22.2. The Kier molecular flexibility index (Phi) is 7.64. The lowest BCUT2D eigenvalue weighted by Gasteiger charge is -2.40. The van der Waals surface area contributed by atoms with Gasteiger partial charge in [-0.1, -0.05) is 208 Å². The summed E-state index contributed by atoms with van der Waals surface area (Å²) in [6, 6.07) is 84.2. The maximum Gasteiger partial charge on any atom is 0.0726 e. The van der Waals surface area contributed by atoms with Crippen molar-refractivity contribution in [2.75, 3.05) is 4.90 Å². The largest absolute Gasteiger partial charge is 0.310 e. The van der Waals surface area contributed by atoms with E-state index in [4.69, 9.17) is 0 Å². The summed E-state index contributed by atoms with van der Waals surface area (Å²) in [5.41, 5.74) is 23.4. The Labute approximate surface area is 369 Å². The monoisotopic (exact) mass is 801 g/mol. The minimum atomic E-state index is -0.563. The average molecular weight is 802 g/mol. The zero-order valence-electron chi connectivity index (χ0n) is 35.3. The Bertz CT molecular complexity index is 3490. The molecule has 0 heterocycles. The highest BCUT2D eigenvalue weighted by molar-refractivity contribution is 6.12. The van der Waals surface area contributed by atoms with E-state index in [0.29, 0.717) is 0 Å². The van der Waals surface area contributed by atoms with E-state index in [1.807, 2.05) is 0 Å². The molecule has 0 aromatic heterocycles. The molecule has 0 bridgehead atoms. The molecule has 0 amide bonds. The summed E-state index contributed by atoms with van der Waals surface area (Å²) < 4.78 is 0. The lowest BCUT2D eigenvalue weighted by atomic mass is 9.61. The normalized spacial score (nSPS) is 15.7. The SMILES string of the molecule is CC1(C)c2ccccc2-c2ccc(N(c3ccc4c(c3)C3(c5ccccc5-4)c4ccccc4-c4ccc(-c5ccccc5)c5cccc3c45)c3ccccc3-c3ccccc3)cc21. The molecule has 3 aliphatic rings. The predicted molar refractivity (Wildman–Crippen MR) is 263 cm³/mol. The summed E-state index contributed by atoms with van der Waals surface area (Å²) in [5.74, 6) is 0. The van der Waals surface area contributed by atoms with Crippen LogP contribution in [0.2, 0.25) is 0 Å². The lowest BCUT2D eigenvalue weighted by molar-refractivity contribution is 0.660. The molecule has 0 saturated carbocycles. The summed E-state index contributed by atoms with van der Waals surface area (Å²) in [5, 5.41) is 2.62. The predicted octanol–water partition coefficient (Wildman–Crippen LogP) is 16.3. The Morgan fingerprint density at radius 3 is 1.41 bits per heavy atom. The molecule has 0 saturated heterocycles. The summed E-state index contributed by atoms with van der Waals surface area (Å²) >= 11 is 0. The van der Waals surface area contributed by atoms with E-state index < -0.39 is 5.41 Å². The fourth-order valence-electron chi connectivity index (χ4n) is 11.8. The number of nitrogens with zero attached hydrogens (tertiary/aromatic N) is 1. The molecule has 1 unspecified atom stereocenters. The second kappa shape index (κ2) is 13.4. The Balaban J connectivity index is 1.11. The Morgan fingerprint density at radius 1 is 0.302 bits per heavy atom. The third-order valence-corrected chi connectivity index (χ3v) is 14.5. The van der Waals surface area contributed by atoms with Crippen molar-refractivity contribution in [1.82, 2.24) is 0 Å². The van der Waals surface area contributed by atoms with Crippen LogP contribution in [0.3, 0.4) is 0 Å². The number of hydrogen-bond acceptors (Lipinski definition) is 1. The maximum absolute atomic E-state index is 2.53. The highest BCUT2D eigenvalue weighted by Gasteiger charge is 2.50. The molecular weight excluding hydrogens is 759 g/mol. The van der Waals surface area contributed by atoms with Crippen molar-refractivity contribution in [2.45, 2.75) is 24.7 Å². The van der Waals surface area contributed by atoms with Crippen molar-refractivity contribution in [3.8, 4) is 55.6 Å². The van der Waals surface area contributed by atoms with E-state index in [2.05, 4.69) is 243 Å². The van der Waals surface area contributed by atoms with Crippen molar-refractivity contribution in [1.29, 1.82) is 0 Å². The maximum atomic E-state index is 2.53. The van der Waals surface area contributed by atoms with Gasteiger partial charge < -0.3 is 4.90 Å². The quantitative estimate of drug-likeness (QED) is 0.168. The minimum absolute atomic E-state index is 0.146. The highest BCUT2D eigenvalue weighted by Crippen LogP contribution is 2.63. The molecule has 1 atom stereocenters. The van der Waals surface area contributed by atoms with Crippen LogP contribution in [-0.2, 0) is 10.8 Å². The molecular formula is C62H43N. The van der Waals surface area contributed by atoms with Crippen LogP contribution < -0.4 is 4.90 Å². The molecule has 1 heteroatoms. The number of para-hydroxylation sites is 1. The molecule has 10 aromatic rings. The van der Waals surface area contributed by atoms with Crippen LogP contribution in [0.5, 0.6) is 0 Å². The van der Waals surface area contributed by atoms with Gasteiger partial charge in [0.15, 0.2) is 0 Å². The van der Waals surface area contributed by atoms with Crippen molar-refractivity contribution < 1.29 is 0 Å². The number of fused-ring (bicyclic) bond motifs is 12. The third kappa shape index (κ3) is 4.94. The second-order valence-corrected chi connectivity index (χ2v) is 17.9. The van der Waals surface area contributed by atoms with Crippen LogP contribution in [0.1, 0.15) is 47.2 Å². The van der Waals surface area contributed by atoms with Gasteiger partial charge in [0.05, 0.1) is 11.1 Å². The molecule has 1 spiro atoms. The standard InChI is InChI=1S/C62H43N/c1-61(2)53-27-13-9-23-46(53)49-34-32-42(38-57(49)61)63(59-31-16-12-22-45(59)41-20-7-4-8-21-41)43-33-35-50-47-24-10-14-28-54(47)62(58(50)39-43)55-29-15-11-25-48(55)52-37-36-44(40-18-5-3-6-19-40)51-26-17-30-56(62)60(51)52/h3-39H,1-2H3. The summed E-state index contributed by atoms with van der Waals surface area (Å²) in [4.78, 5) is 2.52. The summed E-state index contributed by atoms with van der Waals surface area (Å²) in [6.45, 7) is 4.75. The molecule has 0 radical (unpaired) electrons. The van der Waals surface area contributed by atoms with Gasteiger partial charge >= 0.3 is 0 Å². The van der Waals surface area contributed by atoms with Gasteiger partial charge in [-0.3, -0.25) is 0 Å². The van der Waals surface area contributed by atoms with Gasteiger partial charge in [-0.2, -0.15) is 0 Å². The topological polar surface area (TPSA) is 3.24 Å². The van der Waals surface area contributed by atoms with E-state index in [1.54, 1.807) is 0 Å². The van der Waals surface area contributed by atoms with E-state index in [9.17, 15) is 0 Å². The number of rotatable bonds is 5. The first-order valence-corrected chi connectivity index (χ1v) is 22.2. The van der Waals surface area contributed by atoms with Gasteiger partial charge in [0.25, 0.3) is 0 Å². The van der Waals surface area contributed by atoms with E-state index in [0.717, 1.165) is 17.1 Å². The summed E-state index contributed by atoms with van der Waals surface area (Å²) in [6.07, 6.45) is 0. The zero-order valence-corrected chi connectivity index (χ0v) is 35.3. The van der Waals surface area contributed by atoms with Crippen molar-refractivity contribution in [2.24, 2.45) is 0 Å². The van der Waals surface area contributed by atoms with Crippen molar-refractivity contribution in [3.05, 3.63) is 258 Å². The van der Waals surface area contributed by atoms with Crippen LogP contribution in [0.15, 0.2) is 224 Å². The lowest BCUT2D eigenvalue weighted by Crippen LogP contribution is -2.32. The number of anilines is 3. The van der Waals surface area contributed by atoms with Crippen LogP contribution in [0, 0.1) is 0 Å². The van der Waals surface area contributed by atoms with Crippen LogP contribution >= 0.6 is 0 Å². The number of hydrogen-bond donors (Lipinski definition) is 0. The van der Waals surface area contributed by atoms with Gasteiger partial charge in [-0.25, -0.2) is 0 Å². The molecule has 13 rings (SSSR count). The molecule has 296 valence electrons. The average Bonchev–Trinajstić information content (AvgIpc) is 3.76. The van der Waals surface area contributed by atoms with Gasteiger partial charge in [0.1, 0.15) is 0 Å². The van der Waals surface area contributed by atoms with Crippen molar-refractivity contribution in [3.63, 3.8) is 0 Å². The molecule has 3 aliphatic carbocycles. The smallest absolute Gasteiger partial charge is 0.0726 e. The molecule has 10 aromatic carbocycles. The molecule has 63 heavy (non-hydrogen) atoms. The fourth-order valence-corrected chi connectivity index (χ4v) is 11.8. The molecule has 1 nitrogen and oxygen atoms in total. The Hall–Kier alpha value is -7.74. The highest BCUT2D eigenvalue weighted by atomic mass is 15.1. The van der Waals surface area contributed by atoms with Crippen molar-refractivity contribution >= 4 is 27.8 Å².